The molecule has 5 rings (SSSR count). The summed E-state index contributed by atoms with van der Waals surface area (Å²) in [7, 11) is 0. The molecule has 33 heavy (non-hydrogen) atoms. The molecule has 0 aliphatic carbocycles. The van der Waals surface area contributed by atoms with Gasteiger partial charge in [0.2, 0.25) is 5.95 Å². The molecule has 0 unspecified atom stereocenters. The number of aromatic nitrogens is 5. The van der Waals surface area contributed by atoms with E-state index in [9.17, 15) is 4.79 Å². The van der Waals surface area contributed by atoms with Crippen LogP contribution in [0, 0.1) is 11.3 Å². The van der Waals surface area contributed by atoms with Crippen molar-refractivity contribution in [2.24, 2.45) is 0 Å². The van der Waals surface area contributed by atoms with E-state index >= 15 is 0 Å². The number of benzene rings is 2. The number of hydrogen-bond acceptors (Lipinski definition) is 7. The van der Waals surface area contributed by atoms with Crippen LogP contribution in [-0.2, 0) is 0 Å². The van der Waals surface area contributed by atoms with Crippen LogP contribution in [0.15, 0.2) is 55.0 Å². The molecule has 0 radical (unpaired) electrons. The lowest BCUT2D eigenvalue weighted by atomic mass is 10.0. The molecule has 5 aromatic rings. The molecule has 1 amide bonds. The number of hydrogen-bond donors (Lipinski definition) is 4. The van der Waals surface area contributed by atoms with Crippen LogP contribution < -0.4 is 16.4 Å². The van der Waals surface area contributed by atoms with Crippen molar-refractivity contribution < 1.29 is 4.79 Å². The Kier molecular flexibility index (Phi) is 4.84. The number of H-pyrrole nitrogens is 1. The predicted molar refractivity (Wildman–Crippen MR) is 125 cm³/mol. The van der Waals surface area contributed by atoms with E-state index < -0.39 is 0 Å². The van der Waals surface area contributed by atoms with Crippen molar-refractivity contribution in [2.45, 2.75) is 6.92 Å². The maximum atomic E-state index is 12.7. The Morgan fingerprint density at radius 2 is 2.06 bits per heavy atom. The first-order valence-electron chi connectivity index (χ1n) is 10.2. The first-order chi connectivity index (χ1) is 16.1. The number of amides is 1. The summed E-state index contributed by atoms with van der Waals surface area (Å²) in [5.74, 6) is 0.637. The minimum Gasteiger partial charge on any atom is -0.382 e. The summed E-state index contributed by atoms with van der Waals surface area (Å²) in [5.41, 5.74) is 11.5. The minimum absolute atomic E-state index is 0.210. The van der Waals surface area contributed by atoms with Crippen LogP contribution in [0.2, 0.25) is 0 Å². The van der Waals surface area contributed by atoms with Crippen LogP contribution >= 0.6 is 0 Å². The fourth-order valence-electron chi connectivity index (χ4n) is 3.75. The fourth-order valence-corrected chi connectivity index (χ4v) is 3.75. The smallest absolute Gasteiger partial charge is 0.253 e. The first-order valence-corrected chi connectivity index (χ1v) is 10.2. The molecular weight excluding hydrogens is 418 g/mol. The zero-order valence-corrected chi connectivity index (χ0v) is 17.6. The van der Waals surface area contributed by atoms with E-state index in [4.69, 9.17) is 11.0 Å². The lowest BCUT2D eigenvalue weighted by molar-refractivity contribution is 0.0956. The van der Waals surface area contributed by atoms with Crippen molar-refractivity contribution >= 4 is 39.9 Å². The summed E-state index contributed by atoms with van der Waals surface area (Å²) in [6.07, 6.45) is 3.01. The van der Waals surface area contributed by atoms with Gasteiger partial charge in [-0.2, -0.15) is 10.4 Å². The molecule has 5 N–H and O–H groups in total. The van der Waals surface area contributed by atoms with E-state index in [1.807, 2.05) is 31.2 Å². The normalized spacial score (nSPS) is 10.9. The number of fused-ring (bicyclic) bond motifs is 2. The number of carbonyl (C=O) groups excluding carboxylic acids is 1. The van der Waals surface area contributed by atoms with E-state index in [0.717, 1.165) is 22.3 Å². The van der Waals surface area contributed by atoms with Crippen LogP contribution in [0.25, 0.3) is 27.7 Å². The molecule has 10 nitrogen and oxygen atoms in total. The van der Waals surface area contributed by atoms with Crippen LogP contribution in [-0.4, -0.2) is 37.0 Å². The van der Waals surface area contributed by atoms with Gasteiger partial charge in [0.15, 0.2) is 5.82 Å². The molecule has 0 bridgehead atoms. The lowest BCUT2D eigenvalue weighted by Gasteiger charge is -2.08. The number of carbonyl (C=O) groups is 1. The Morgan fingerprint density at radius 1 is 1.24 bits per heavy atom. The number of anilines is 3. The van der Waals surface area contributed by atoms with Gasteiger partial charge in [-0.1, -0.05) is 12.1 Å². The van der Waals surface area contributed by atoms with Crippen molar-refractivity contribution in [2.75, 3.05) is 17.6 Å². The summed E-state index contributed by atoms with van der Waals surface area (Å²) in [4.78, 5) is 24.5. The molecule has 0 aliphatic rings. The van der Waals surface area contributed by atoms with Gasteiger partial charge >= 0.3 is 0 Å². The zero-order valence-electron chi connectivity index (χ0n) is 17.6. The Balaban J connectivity index is 1.50. The van der Waals surface area contributed by atoms with E-state index in [-0.39, 0.29) is 11.7 Å². The molecular formula is C23H19N9O. The maximum absolute atomic E-state index is 12.7. The molecule has 3 heterocycles. The first kappa shape index (κ1) is 20.0. The van der Waals surface area contributed by atoms with Gasteiger partial charge in [-0.05, 0) is 42.8 Å². The highest BCUT2D eigenvalue weighted by Gasteiger charge is 2.21. The van der Waals surface area contributed by atoms with E-state index in [0.29, 0.717) is 34.7 Å². The second kappa shape index (κ2) is 7.97. The van der Waals surface area contributed by atoms with Crippen molar-refractivity contribution in [3.05, 3.63) is 66.1 Å². The SMILES string of the molecule is CCNC(=O)c1cn2ncnc(N)c2c1-c1ccc(Nc2nc3ccc(C#N)cc3[nH]2)cc1. The number of nitrogens with zero attached hydrogens (tertiary/aromatic N) is 5. The summed E-state index contributed by atoms with van der Waals surface area (Å²) in [6, 6.07) is 14.9. The minimum atomic E-state index is -0.210. The number of imidazole rings is 1. The van der Waals surface area contributed by atoms with Gasteiger partial charge < -0.3 is 21.4 Å². The zero-order chi connectivity index (χ0) is 22.9. The Morgan fingerprint density at radius 3 is 2.82 bits per heavy atom. The van der Waals surface area contributed by atoms with Crippen molar-refractivity contribution in [3.63, 3.8) is 0 Å². The molecule has 162 valence electrons. The van der Waals surface area contributed by atoms with Crippen LogP contribution in [0.4, 0.5) is 17.5 Å². The maximum Gasteiger partial charge on any atom is 0.253 e. The number of rotatable bonds is 5. The molecule has 0 saturated heterocycles. The highest BCUT2D eigenvalue weighted by Crippen LogP contribution is 2.33. The van der Waals surface area contributed by atoms with Crippen molar-refractivity contribution in [1.82, 2.24) is 29.9 Å². The van der Waals surface area contributed by atoms with Gasteiger partial charge in [-0.25, -0.2) is 14.5 Å². The Bertz CT molecular complexity index is 1540. The third-order valence-electron chi connectivity index (χ3n) is 5.23. The number of nitriles is 1. The summed E-state index contributed by atoms with van der Waals surface area (Å²) < 4.78 is 1.57. The van der Waals surface area contributed by atoms with Crippen molar-refractivity contribution in [1.29, 1.82) is 5.26 Å². The van der Waals surface area contributed by atoms with Gasteiger partial charge in [0.1, 0.15) is 11.8 Å². The standard InChI is InChI=1S/C23H19N9O/c1-2-26-22(33)16-11-32-20(21(25)27-12-28-32)19(16)14-4-6-15(7-5-14)29-23-30-17-8-3-13(10-24)9-18(17)31-23/h3-9,11-12H,2H2,1H3,(H,26,33)(H2,25,27,28)(H2,29,30,31). The Labute approximate surface area is 188 Å². The van der Waals surface area contributed by atoms with Crippen LogP contribution in [0.1, 0.15) is 22.8 Å². The average Bonchev–Trinajstić information content (AvgIpc) is 3.41. The molecule has 2 aromatic carbocycles. The summed E-state index contributed by atoms with van der Waals surface area (Å²) >= 11 is 0. The average molecular weight is 437 g/mol. The topological polar surface area (TPSA) is 150 Å². The van der Waals surface area contributed by atoms with Gasteiger partial charge in [0.25, 0.3) is 5.91 Å². The molecule has 0 aliphatic heterocycles. The van der Waals surface area contributed by atoms with Gasteiger partial charge in [0, 0.05) is 24.0 Å². The third kappa shape index (κ3) is 3.57. The Hall–Kier alpha value is -4.91. The van der Waals surface area contributed by atoms with Crippen molar-refractivity contribution in [3.8, 4) is 17.2 Å². The highest BCUT2D eigenvalue weighted by molar-refractivity contribution is 6.07. The monoisotopic (exact) mass is 437 g/mol. The van der Waals surface area contributed by atoms with Gasteiger partial charge in [-0.3, -0.25) is 4.79 Å². The molecule has 10 heteroatoms. The number of nitrogens with one attached hydrogen (secondary N) is 3. The summed E-state index contributed by atoms with van der Waals surface area (Å²) in [6.45, 7) is 2.36. The van der Waals surface area contributed by atoms with E-state index in [1.54, 1.807) is 28.9 Å². The summed E-state index contributed by atoms with van der Waals surface area (Å²) in [5, 5.41) is 19.3. The highest BCUT2D eigenvalue weighted by atomic mass is 16.1. The molecule has 0 spiro atoms. The number of nitrogen functional groups attached to an aromatic ring is 1. The fraction of sp³-hybridized carbons (Fsp3) is 0.0870. The van der Waals surface area contributed by atoms with E-state index in [2.05, 4.69) is 36.8 Å². The van der Waals surface area contributed by atoms with Gasteiger partial charge in [-0.15, -0.1) is 0 Å². The van der Waals surface area contributed by atoms with E-state index in [1.165, 1.54) is 6.33 Å². The quantitative estimate of drug-likeness (QED) is 0.330. The van der Waals surface area contributed by atoms with Gasteiger partial charge in [0.05, 0.1) is 28.2 Å². The van der Waals surface area contributed by atoms with Crippen LogP contribution in [0.3, 0.4) is 0 Å². The molecule has 0 saturated carbocycles. The predicted octanol–water partition coefficient (Wildman–Crippen LogP) is 3.22. The number of aromatic amines is 1. The number of nitrogens with two attached hydrogens (primary N) is 1. The second-order valence-corrected chi connectivity index (χ2v) is 7.35. The third-order valence-corrected chi connectivity index (χ3v) is 5.23. The van der Waals surface area contributed by atoms with Crippen LogP contribution in [0.5, 0.6) is 0 Å². The molecule has 3 aromatic heterocycles. The second-order valence-electron chi connectivity index (χ2n) is 7.35. The lowest BCUT2D eigenvalue weighted by Crippen LogP contribution is -2.22. The molecule has 0 atom stereocenters. The molecule has 0 fully saturated rings. The largest absolute Gasteiger partial charge is 0.382 e.